The average molecular weight is 345 g/mol. The Morgan fingerprint density at radius 1 is 1.12 bits per heavy atom. The van der Waals surface area contributed by atoms with Crippen LogP contribution in [0.3, 0.4) is 0 Å². The van der Waals surface area contributed by atoms with Crippen LogP contribution < -0.4 is 5.32 Å². The summed E-state index contributed by atoms with van der Waals surface area (Å²) in [6, 6.07) is 10.1. The molecule has 1 N–H and O–H groups in total. The molecule has 1 aromatic carbocycles. The Labute approximate surface area is 151 Å². The molecule has 3 heterocycles. The molecular formula is C19H19N7. The van der Waals surface area contributed by atoms with Crippen LogP contribution in [-0.2, 0) is 13.6 Å². The second kappa shape index (κ2) is 6.79. The molecule has 0 aliphatic rings. The first-order chi connectivity index (χ1) is 12.7. The molecule has 7 nitrogen and oxygen atoms in total. The fraction of sp³-hybridized carbons (Fsp3) is 0.158. The summed E-state index contributed by atoms with van der Waals surface area (Å²) in [5, 5.41) is 7.69. The molecule has 0 spiro atoms. The fourth-order valence-corrected chi connectivity index (χ4v) is 2.93. The van der Waals surface area contributed by atoms with E-state index in [-0.39, 0.29) is 0 Å². The molecule has 0 fully saturated rings. The van der Waals surface area contributed by atoms with E-state index >= 15 is 0 Å². The number of aromatic nitrogens is 6. The van der Waals surface area contributed by atoms with E-state index in [1.54, 1.807) is 23.4 Å². The quantitative estimate of drug-likeness (QED) is 0.602. The van der Waals surface area contributed by atoms with Crippen LogP contribution in [0.2, 0.25) is 0 Å². The van der Waals surface area contributed by atoms with E-state index in [4.69, 9.17) is 0 Å². The Morgan fingerprint density at radius 2 is 2.00 bits per heavy atom. The number of hydrogen-bond acceptors (Lipinski definition) is 5. The van der Waals surface area contributed by atoms with Crippen LogP contribution in [-0.4, -0.2) is 29.3 Å². The van der Waals surface area contributed by atoms with E-state index in [0.717, 1.165) is 28.2 Å². The summed E-state index contributed by atoms with van der Waals surface area (Å²) in [6.45, 7) is 2.59. The first-order valence-electron chi connectivity index (χ1n) is 8.34. The minimum atomic E-state index is 0.589. The topological polar surface area (TPSA) is 73.5 Å². The molecule has 130 valence electrons. The summed E-state index contributed by atoms with van der Waals surface area (Å²) in [4.78, 5) is 13.1. The minimum absolute atomic E-state index is 0.589. The molecule has 26 heavy (non-hydrogen) atoms. The van der Waals surface area contributed by atoms with Crippen molar-refractivity contribution < 1.29 is 0 Å². The molecule has 0 saturated carbocycles. The van der Waals surface area contributed by atoms with Crippen molar-refractivity contribution in [3.8, 4) is 16.9 Å². The van der Waals surface area contributed by atoms with Gasteiger partial charge in [-0.25, -0.2) is 15.0 Å². The monoisotopic (exact) mass is 345 g/mol. The van der Waals surface area contributed by atoms with Gasteiger partial charge in [-0.05, 0) is 24.6 Å². The number of para-hydroxylation sites is 1. The van der Waals surface area contributed by atoms with E-state index in [2.05, 4.69) is 37.5 Å². The first kappa shape index (κ1) is 16.0. The summed E-state index contributed by atoms with van der Waals surface area (Å²) in [5.74, 6) is 0.589. The molecule has 7 heteroatoms. The lowest BCUT2D eigenvalue weighted by molar-refractivity contribution is 0.756. The Hall–Kier alpha value is -3.48. The zero-order chi connectivity index (χ0) is 17.9. The van der Waals surface area contributed by atoms with Gasteiger partial charge in [-0.15, -0.1) is 0 Å². The largest absolute Gasteiger partial charge is 0.350 e. The molecule has 0 amide bonds. The lowest BCUT2D eigenvalue weighted by Gasteiger charge is -2.11. The van der Waals surface area contributed by atoms with Crippen LogP contribution in [0.4, 0.5) is 5.95 Å². The van der Waals surface area contributed by atoms with Gasteiger partial charge in [-0.3, -0.25) is 4.68 Å². The van der Waals surface area contributed by atoms with Crippen LogP contribution in [0.5, 0.6) is 0 Å². The van der Waals surface area contributed by atoms with Gasteiger partial charge >= 0.3 is 0 Å². The maximum Gasteiger partial charge on any atom is 0.223 e. The number of nitrogens with one attached hydrogen (secondary N) is 1. The van der Waals surface area contributed by atoms with Crippen molar-refractivity contribution in [1.29, 1.82) is 0 Å². The highest BCUT2D eigenvalue weighted by Gasteiger charge is 2.09. The van der Waals surface area contributed by atoms with Gasteiger partial charge in [0.05, 0.1) is 23.4 Å². The van der Waals surface area contributed by atoms with Gasteiger partial charge in [0.15, 0.2) is 0 Å². The molecule has 3 aromatic heterocycles. The SMILES string of the molecule is Cc1nn(C)cc1-c1ccnc(NCc2ccccc2-n2ccnc2)n1. The Morgan fingerprint density at radius 3 is 2.77 bits per heavy atom. The summed E-state index contributed by atoms with van der Waals surface area (Å²) >= 11 is 0. The van der Waals surface area contributed by atoms with Crippen LogP contribution >= 0.6 is 0 Å². The first-order valence-corrected chi connectivity index (χ1v) is 8.34. The zero-order valence-electron chi connectivity index (χ0n) is 14.7. The van der Waals surface area contributed by atoms with Crippen molar-refractivity contribution >= 4 is 5.95 Å². The summed E-state index contributed by atoms with van der Waals surface area (Å²) < 4.78 is 3.79. The van der Waals surface area contributed by atoms with Crippen LogP contribution in [0.15, 0.2) is 61.4 Å². The van der Waals surface area contributed by atoms with Gasteiger partial charge in [0.1, 0.15) is 0 Å². The number of nitrogens with zero attached hydrogens (tertiary/aromatic N) is 6. The molecular weight excluding hydrogens is 326 g/mol. The average Bonchev–Trinajstić information content (AvgIpc) is 3.30. The zero-order valence-corrected chi connectivity index (χ0v) is 14.7. The smallest absolute Gasteiger partial charge is 0.223 e. The van der Waals surface area contributed by atoms with E-state index in [0.29, 0.717) is 12.5 Å². The molecule has 4 aromatic rings. The number of rotatable bonds is 5. The number of benzene rings is 1. The predicted octanol–water partition coefficient (Wildman–Crippen LogP) is 2.98. The molecule has 4 rings (SSSR count). The minimum Gasteiger partial charge on any atom is -0.350 e. The van der Waals surface area contributed by atoms with Crippen molar-refractivity contribution in [2.45, 2.75) is 13.5 Å². The molecule has 0 radical (unpaired) electrons. The second-order valence-electron chi connectivity index (χ2n) is 6.02. The maximum atomic E-state index is 4.63. The van der Waals surface area contributed by atoms with Crippen molar-refractivity contribution in [3.63, 3.8) is 0 Å². The number of aryl methyl sites for hydroxylation is 2. The van der Waals surface area contributed by atoms with Gasteiger partial charge in [0, 0.05) is 43.9 Å². The van der Waals surface area contributed by atoms with E-state index in [1.807, 2.05) is 49.1 Å². The highest BCUT2D eigenvalue weighted by atomic mass is 15.3. The van der Waals surface area contributed by atoms with E-state index < -0.39 is 0 Å². The summed E-state index contributed by atoms with van der Waals surface area (Å²) in [6.07, 6.45) is 9.23. The molecule has 0 saturated heterocycles. The summed E-state index contributed by atoms with van der Waals surface area (Å²) in [5.41, 5.74) is 5.03. The molecule has 0 bridgehead atoms. The van der Waals surface area contributed by atoms with Gasteiger partial charge in [-0.2, -0.15) is 5.10 Å². The Bertz CT molecular complexity index is 1020. The normalized spacial score (nSPS) is 10.8. The molecule has 0 unspecified atom stereocenters. The lowest BCUT2D eigenvalue weighted by Crippen LogP contribution is -2.07. The van der Waals surface area contributed by atoms with E-state index in [9.17, 15) is 0 Å². The van der Waals surface area contributed by atoms with Crippen molar-refractivity contribution in [2.24, 2.45) is 7.05 Å². The highest BCUT2D eigenvalue weighted by Crippen LogP contribution is 2.21. The van der Waals surface area contributed by atoms with Crippen molar-refractivity contribution in [3.05, 3.63) is 72.7 Å². The third kappa shape index (κ3) is 3.19. The third-order valence-corrected chi connectivity index (χ3v) is 4.16. The third-order valence-electron chi connectivity index (χ3n) is 4.16. The van der Waals surface area contributed by atoms with Crippen molar-refractivity contribution in [1.82, 2.24) is 29.3 Å². The summed E-state index contributed by atoms with van der Waals surface area (Å²) in [7, 11) is 1.91. The number of anilines is 1. The second-order valence-corrected chi connectivity index (χ2v) is 6.02. The van der Waals surface area contributed by atoms with Gasteiger partial charge in [0.2, 0.25) is 5.95 Å². The van der Waals surface area contributed by atoms with Crippen LogP contribution in [0, 0.1) is 6.92 Å². The Balaban J connectivity index is 1.56. The Kier molecular flexibility index (Phi) is 4.18. The van der Waals surface area contributed by atoms with Crippen LogP contribution in [0.25, 0.3) is 16.9 Å². The predicted molar refractivity (Wildman–Crippen MR) is 99.9 cm³/mol. The molecule has 0 aliphatic carbocycles. The highest BCUT2D eigenvalue weighted by molar-refractivity contribution is 5.61. The standard InChI is InChI=1S/C19H19N7/c1-14-16(12-25(2)24-14)17-7-8-21-19(23-17)22-11-15-5-3-4-6-18(15)26-10-9-20-13-26/h3-10,12-13H,11H2,1-2H3,(H,21,22,23). The van der Waals surface area contributed by atoms with Gasteiger partial charge in [0.25, 0.3) is 0 Å². The molecule has 0 atom stereocenters. The number of hydrogen-bond donors (Lipinski definition) is 1. The fourth-order valence-electron chi connectivity index (χ4n) is 2.93. The number of imidazole rings is 1. The maximum absolute atomic E-state index is 4.63. The van der Waals surface area contributed by atoms with Gasteiger partial charge < -0.3 is 9.88 Å². The van der Waals surface area contributed by atoms with Crippen LogP contribution in [0.1, 0.15) is 11.3 Å². The van der Waals surface area contributed by atoms with Crippen molar-refractivity contribution in [2.75, 3.05) is 5.32 Å². The van der Waals surface area contributed by atoms with Gasteiger partial charge in [-0.1, -0.05) is 18.2 Å². The molecule has 0 aliphatic heterocycles. The van der Waals surface area contributed by atoms with E-state index in [1.165, 1.54) is 0 Å². The lowest BCUT2D eigenvalue weighted by atomic mass is 10.1.